The number of benzene rings is 3. The van der Waals surface area contributed by atoms with Gasteiger partial charge in [0.15, 0.2) is 0 Å². The number of rotatable bonds is 9. The number of H-pyrrole nitrogens is 1. The van der Waals surface area contributed by atoms with Crippen molar-refractivity contribution >= 4 is 17.5 Å². The van der Waals surface area contributed by atoms with Crippen LogP contribution >= 0.6 is 11.6 Å². The van der Waals surface area contributed by atoms with Crippen LogP contribution in [-0.2, 0) is 6.61 Å². The van der Waals surface area contributed by atoms with E-state index < -0.39 is 0 Å². The molecule has 2 heterocycles. The van der Waals surface area contributed by atoms with E-state index in [9.17, 15) is 4.79 Å². The van der Waals surface area contributed by atoms with Crippen molar-refractivity contribution in [2.24, 2.45) is 0 Å². The van der Waals surface area contributed by atoms with Crippen molar-refractivity contribution in [2.45, 2.75) is 32.4 Å². The van der Waals surface area contributed by atoms with E-state index in [1.54, 1.807) is 7.11 Å². The number of ether oxygens (including phenoxy) is 2. The van der Waals surface area contributed by atoms with Crippen molar-refractivity contribution in [3.8, 4) is 22.8 Å². The van der Waals surface area contributed by atoms with Crippen LogP contribution in [0.1, 0.15) is 53.0 Å². The Balaban J connectivity index is 1.46. The van der Waals surface area contributed by atoms with E-state index in [4.69, 9.17) is 21.1 Å². The summed E-state index contributed by atoms with van der Waals surface area (Å²) in [7, 11) is 1.64. The lowest BCUT2D eigenvalue weighted by Crippen LogP contribution is -2.30. The molecule has 1 unspecified atom stereocenters. The third-order valence-electron chi connectivity index (χ3n) is 6.53. The summed E-state index contributed by atoms with van der Waals surface area (Å²) >= 11 is 6.26. The summed E-state index contributed by atoms with van der Waals surface area (Å²) in [5.41, 5.74) is 5.13. The van der Waals surface area contributed by atoms with Gasteiger partial charge in [0.1, 0.15) is 23.8 Å². The van der Waals surface area contributed by atoms with Gasteiger partial charge in [0.25, 0.3) is 5.91 Å². The summed E-state index contributed by atoms with van der Waals surface area (Å²) in [5.74, 6) is 1.50. The van der Waals surface area contributed by atoms with E-state index in [1.807, 2.05) is 77.7 Å². The highest BCUT2D eigenvalue weighted by atomic mass is 35.5. The van der Waals surface area contributed by atoms with Crippen LogP contribution in [0.2, 0.25) is 5.02 Å². The molecular weight excluding hydrogens is 474 g/mol. The van der Waals surface area contributed by atoms with E-state index in [-0.39, 0.29) is 11.9 Å². The first kappa shape index (κ1) is 23.9. The topological polar surface area (TPSA) is 67.5 Å². The lowest BCUT2D eigenvalue weighted by molar-refractivity contribution is 0.0741. The van der Waals surface area contributed by atoms with E-state index in [2.05, 4.69) is 17.1 Å². The highest BCUT2D eigenvalue weighted by Gasteiger charge is 2.41. The molecule has 36 heavy (non-hydrogen) atoms. The molecule has 4 aromatic rings. The van der Waals surface area contributed by atoms with E-state index in [0.717, 1.165) is 52.3 Å². The van der Waals surface area contributed by atoms with Crippen molar-refractivity contribution in [3.63, 3.8) is 0 Å². The molecule has 3 aromatic carbocycles. The van der Waals surface area contributed by atoms with Crippen LogP contribution in [0.25, 0.3) is 11.3 Å². The number of aromatic nitrogens is 2. The fourth-order valence-electron chi connectivity index (χ4n) is 4.59. The SMILES string of the molecule is CCCCN1C(=O)c2[nH]nc(-c3ccc(OC)cc3)c2C1c1ccc(OCc2ccccc2Cl)cc1. The second-order valence-electron chi connectivity index (χ2n) is 8.79. The molecule has 7 heteroatoms. The number of hydrogen-bond acceptors (Lipinski definition) is 4. The molecule has 1 atom stereocenters. The maximum Gasteiger partial charge on any atom is 0.273 e. The molecule has 0 saturated carbocycles. The normalized spacial score (nSPS) is 14.7. The lowest BCUT2D eigenvalue weighted by atomic mass is 9.96. The second-order valence-corrected chi connectivity index (χ2v) is 9.20. The van der Waals surface area contributed by atoms with Crippen molar-refractivity contribution in [2.75, 3.05) is 13.7 Å². The average molecular weight is 502 g/mol. The molecule has 1 N–H and O–H groups in total. The number of halogens is 1. The summed E-state index contributed by atoms with van der Waals surface area (Å²) in [6.45, 7) is 3.19. The summed E-state index contributed by atoms with van der Waals surface area (Å²) < 4.78 is 11.3. The number of aromatic amines is 1. The summed E-state index contributed by atoms with van der Waals surface area (Å²) in [6.07, 6.45) is 1.93. The van der Waals surface area contributed by atoms with Gasteiger partial charge in [0.05, 0.1) is 18.8 Å². The Morgan fingerprint density at radius 1 is 1.00 bits per heavy atom. The van der Waals surface area contributed by atoms with Gasteiger partial charge >= 0.3 is 0 Å². The average Bonchev–Trinajstić information content (AvgIpc) is 3.46. The number of nitrogens with zero attached hydrogens (tertiary/aromatic N) is 2. The number of amides is 1. The molecule has 6 nitrogen and oxygen atoms in total. The molecular formula is C29H28ClN3O3. The van der Waals surface area contributed by atoms with Gasteiger partial charge < -0.3 is 14.4 Å². The Morgan fingerprint density at radius 3 is 2.42 bits per heavy atom. The van der Waals surface area contributed by atoms with Gasteiger partial charge in [-0.2, -0.15) is 5.10 Å². The van der Waals surface area contributed by atoms with Gasteiger partial charge in [0.2, 0.25) is 0 Å². The van der Waals surface area contributed by atoms with Gasteiger partial charge in [-0.05, 0) is 54.4 Å². The number of methoxy groups -OCH3 is 1. The molecule has 184 valence electrons. The van der Waals surface area contributed by atoms with Gasteiger partial charge in [-0.15, -0.1) is 0 Å². The van der Waals surface area contributed by atoms with Crippen molar-refractivity contribution < 1.29 is 14.3 Å². The monoisotopic (exact) mass is 501 g/mol. The Labute approximate surface area is 215 Å². The molecule has 5 rings (SSSR count). The Hall–Kier alpha value is -3.77. The van der Waals surface area contributed by atoms with Gasteiger partial charge in [0, 0.05) is 28.3 Å². The first-order chi connectivity index (χ1) is 17.6. The minimum Gasteiger partial charge on any atom is -0.497 e. The van der Waals surface area contributed by atoms with Crippen LogP contribution in [0.4, 0.5) is 0 Å². The van der Waals surface area contributed by atoms with E-state index in [1.165, 1.54) is 0 Å². The standard InChI is InChI=1S/C29H28ClN3O3/c1-3-4-17-33-28(20-11-15-23(16-12-20)36-18-21-7-5-6-8-24(21)30)25-26(31-32-27(25)29(33)34)19-9-13-22(35-2)14-10-19/h5-16,28H,3-4,17-18H2,1-2H3,(H,31,32). The quantitative estimate of drug-likeness (QED) is 0.278. The summed E-state index contributed by atoms with van der Waals surface area (Å²) in [5, 5.41) is 8.24. The summed E-state index contributed by atoms with van der Waals surface area (Å²) in [4.78, 5) is 15.3. The maximum absolute atomic E-state index is 13.4. The van der Waals surface area contributed by atoms with E-state index in [0.29, 0.717) is 23.9 Å². The molecule has 0 spiro atoms. The first-order valence-electron chi connectivity index (χ1n) is 12.1. The van der Waals surface area contributed by atoms with Crippen molar-refractivity contribution in [3.05, 3.63) is 100 Å². The summed E-state index contributed by atoms with van der Waals surface area (Å²) in [6, 6.07) is 23.1. The largest absolute Gasteiger partial charge is 0.497 e. The Kier molecular flexibility index (Phi) is 6.96. The molecule has 0 bridgehead atoms. The van der Waals surface area contributed by atoms with Crippen LogP contribution in [0.3, 0.4) is 0 Å². The fraction of sp³-hybridized carbons (Fsp3) is 0.241. The highest BCUT2D eigenvalue weighted by Crippen LogP contribution is 2.43. The number of unbranched alkanes of at least 4 members (excludes halogenated alkanes) is 1. The number of hydrogen-bond donors (Lipinski definition) is 1. The molecule has 0 radical (unpaired) electrons. The van der Waals surface area contributed by atoms with Crippen molar-refractivity contribution in [1.82, 2.24) is 15.1 Å². The van der Waals surface area contributed by atoms with Gasteiger partial charge in [-0.25, -0.2) is 0 Å². The zero-order chi connectivity index (χ0) is 25.1. The molecule has 1 aliphatic rings. The smallest absolute Gasteiger partial charge is 0.273 e. The molecule has 1 aromatic heterocycles. The third kappa shape index (κ3) is 4.56. The van der Waals surface area contributed by atoms with Crippen LogP contribution in [0.5, 0.6) is 11.5 Å². The third-order valence-corrected chi connectivity index (χ3v) is 6.90. The molecule has 1 amide bonds. The second kappa shape index (κ2) is 10.5. The Bertz CT molecular complexity index is 1350. The van der Waals surface area contributed by atoms with Crippen molar-refractivity contribution in [1.29, 1.82) is 0 Å². The van der Waals surface area contributed by atoms with Gasteiger partial charge in [-0.1, -0.05) is 55.3 Å². The predicted octanol–water partition coefficient (Wildman–Crippen LogP) is 6.66. The molecule has 1 aliphatic heterocycles. The minimum absolute atomic E-state index is 0.0187. The Morgan fingerprint density at radius 2 is 1.72 bits per heavy atom. The van der Waals surface area contributed by atoms with Crippen LogP contribution in [-0.4, -0.2) is 34.7 Å². The highest BCUT2D eigenvalue weighted by molar-refractivity contribution is 6.31. The number of carbonyl (C=O) groups excluding carboxylic acids is 1. The number of fused-ring (bicyclic) bond motifs is 1. The van der Waals surface area contributed by atoms with E-state index >= 15 is 0 Å². The zero-order valence-electron chi connectivity index (χ0n) is 20.3. The zero-order valence-corrected chi connectivity index (χ0v) is 21.1. The number of carbonyl (C=O) groups is 1. The fourth-order valence-corrected chi connectivity index (χ4v) is 4.78. The molecule has 0 aliphatic carbocycles. The predicted molar refractivity (Wildman–Crippen MR) is 141 cm³/mol. The van der Waals surface area contributed by atoms with Gasteiger partial charge in [-0.3, -0.25) is 9.89 Å². The maximum atomic E-state index is 13.4. The lowest BCUT2D eigenvalue weighted by Gasteiger charge is -2.26. The van der Waals surface area contributed by atoms with Crippen LogP contribution in [0.15, 0.2) is 72.8 Å². The molecule has 0 fully saturated rings. The molecule has 0 saturated heterocycles. The first-order valence-corrected chi connectivity index (χ1v) is 12.5. The van der Waals surface area contributed by atoms with Crippen LogP contribution < -0.4 is 9.47 Å². The minimum atomic E-state index is -0.229. The van der Waals surface area contributed by atoms with Crippen LogP contribution in [0, 0.1) is 0 Å². The number of nitrogens with one attached hydrogen (secondary N) is 1.